The number of aliphatic carboxylic acids is 1. The Morgan fingerprint density at radius 3 is 2.84 bits per heavy atom. The fourth-order valence-corrected chi connectivity index (χ4v) is 2.55. The third-order valence-electron chi connectivity index (χ3n) is 3.29. The quantitative estimate of drug-likeness (QED) is 0.910. The molecule has 1 aliphatic heterocycles. The van der Waals surface area contributed by atoms with Gasteiger partial charge in [-0.15, -0.1) is 0 Å². The van der Waals surface area contributed by atoms with E-state index in [2.05, 4.69) is 0 Å². The minimum Gasteiger partial charge on any atom is -0.481 e. The van der Waals surface area contributed by atoms with Crippen LogP contribution in [0.2, 0.25) is 0 Å². The number of carboxylic acid groups (broad SMARTS) is 1. The minimum absolute atomic E-state index is 0.203. The van der Waals surface area contributed by atoms with Crippen molar-refractivity contribution in [1.29, 1.82) is 0 Å². The second kappa shape index (κ2) is 4.10. The van der Waals surface area contributed by atoms with Gasteiger partial charge in [-0.2, -0.15) is 5.06 Å². The van der Waals surface area contributed by atoms with E-state index in [1.807, 2.05) is 24.3 Å². The van der Waals surface area contributed by atoms with Gasteiger partial charge in [0.2, 0.25) is 0 Å². The summed E-state index contributed by atoms with van der Waals surface area (Å²) in [4.78, 5) is 28.2. The first kappa shape index (κ1) is 11.7. The third kappa shape index (κ3) is 1.61. The average molecular weight is 260 g/mol. The zero-order valence-corrected chi connectivity index (χ0v) is 10.2. The smallest absolute Gasteiger partial charge is 0.307 e. The molecule has 0 aliphatic carbocycles. The zero-order valence-electron chi connectivity index (χ0n) is 10.2. The van der Waals surface area contributed by atoms with Crippen LogP contribution in [-0.4, -0.2) is 33.7 Å². The number of carbonyl (C=O) groups excluding carboxylic acids is 1. The number of amides is 1. The molecule has 6 nitrogen and oxygen atoms in total. The van der Waals surface area contributed by atoms with Gasteiger partial charge >= 0.3 is 5.97 Å². The van der Waals surface area contributed by atoms with E-state index in [0.29, 0.717) is 5.69 Å². The van der Waals surface area contributed by atoms with Gasteiger partial charge in [0.15, 0.2) is 0 Å². The first-order chi connectivity index (χ1) is 9.13. The van der Waals surface area contributed by atoms with Gasteiger partial charge in [0, 0.05) is 5.39 Å². The van der Waals surface area contributed by atoms with Crippen molar-refractivity contribution in [3.8, 4) is 0 Å². The van der Waals surface area contributed by atoms with Crippen LogP contribution in [0.3, 0.4) is 0 Å². The maximum absolute atomic E-state index is 12.2. The van der Waals surface area contributed by atoms with Crippen LogP contribution in [0.4, 0.5) is 0 Å². The van der Waals surface area contributed by atoms with Gasteiger partial charge in [-0.25, -0.2) is 0 Å². The summed E-state index contributed by atoms with van der Waals surface area (Å²) >= 11 is 0. The van der Waals surface area contributed by atoms with Crippen LogP contribution in [0.15, 0.2) is 30.3 Å². The Kier molecular flexibility index (Phi) is 2.53. The lowest BCUT2D eigenvalue weighted by Gasteiger charge is -2.22. The molecule has 0 fully saturated rings. The summed E-state index contributed by atoms with van der Waals surface area (Å²) in [6.07, 6.45) is -0.851. The third-order valence-corrected chi connectivity index (χ3v) is 3.29. The van der Waals surface area contributed by atoms with Crippen molar-refractivity contribution in [2.45, 2.75) is 12.6 Å². The summed E-state index contributed by atoms with van der Waals surface area (Å²) in [6.45, 7) is 0. The molecule has 0 saturated carbocycles. The highest BCUT2D eigenvalue weighted by Gasteiger charge is 2.39. The monoisotopic (exact) mass is 260 g/mol. The van der Waals surface area contributed by atoms with Gasteiger partial charge in [0.05, 0.1) is 19.0 Å². The molecular formula is C13H12N2O4. The molecule has 98 valence electrons. The number of hydrogen-bond acceptors (Lipinski definition) is 3. The molecule has 2 aromatic rings. The van der Waals surface area contributed by atoms with E-state index in [1.54, 1.807) is 10.6 Å². The van der Waals surface area contributed by atoms with Crippen LogP contribution in [0.1, 0.15) is 23.1 Å². The molecule has 2 heterocycles. The van der Waals surface area contributed by atoms with Crippen molar-refractivity contribution < 1.29 is 19.5 Å². The predicted octanol–water partition coefficient (Wildman–Crippen LogP) is 1.63. The van der Waals surface area contributed by atoms with Crippen LogP contribution < -0.4 is 0 Å². The number of rotatable bonds is 3. The Labute approximate surface area is 108 Å². The molecule has 1 atom stereocenters. The summed E-state index contributed by atoms with van der Waals surface area (Å²) in [5.74, 6) is -1.30. The summed E-state index contributed by atoms with van der Waals surface area (Å²) in [5, 5.41) is 11.0. The highest BCUT2D eigenvalue weighted by Crippen LogP contribution is 2.35. The van der Waals surface area contributed by atoms with Crippen LogP contribution >= 0.6 is 0 Å². The van der Waals surface area contributed by atoms with E-state index in [1.165, 1.54) is 7.11 Å². The number of benzene rings is 1. The number of nitrogens with zero attached hydrogens (tertiary/aromatic N) is 2. The molecule has 1 aliphatic rings. The van der Waals surface area contributed by atoms with E-state index in [9.17, 15) is 9.59 Å². The molecule has 0 spiro atoms. The topological polar surface area (TPSA) is 71.8 Å². The number of aromatic nitrogens is 1. The van der Waals surface area contributed by atoms with Gasteiger partial charge in [-0.1, -0.05) is 18.2 Å². The highest BCUT2D eigenvalue weighted by atomic mass is 16.7. The lowest BCUT2D eigenvalue weighted by Crippen LogP contribution is -2.30. The van der Waals surface area contributed by atoms with Gasteiger partial charge in [-0.05, 0) is 12.1 Å². The molecule has 0 bridgehead atoms. The van der Waals surface area contributed by atoms with E-state index < -0.39 is 12.1 Å². The number of carboxylic acids is 1. The van der Waals surface area contributed by atoms with Crippen molar-refractivity contribution >= 4 is 22.8 Å². The molecule has 0 radical (unpaired) electrons. The van der Waals surface area contributed by atoms with Crippen LogP contribution in [-0.2, 0) is 9.63 Å². The van der Waals surface area contributed by atoms with Crippen LogP contribution in [0.5, 0.6) is 0 Å². The van der Waals surface area contributed by atoms with E-state index in [-0.39, 0.29) is 12.3 Å². The highest BCUT2D eigenvalue weighted by molar-refractivity contribution is 6.00. The van der Waals surface area contributed by atoms with Crippen LogP contribution in [0, 0.1) is 0 Å². The van der Waals surface area contributed by atoms with Crippen LogP contribution in [0.25, 0.3) is 10.9 Å². The molecule has 1 aromatic heterocycles. The summed E-state index contributed by atoms with van der Waals surface area (Å²) in [7, 11) is 1.36. The fraction of sp³-hybridized carbons (Fsp3) is 0.231. The SMILES string of the molecule is CON1C(=O)c2cc3ccccc3n2C1CC(=O)O. The number of fused-ring (bicyclic) bond motifs is 3. The van der Waals surface area contributed by atoms with E-state index in [0.717, 1.165) is 16.0 Å². The Morgan fingerprint density at radius 1 is 1.42 bits per heavy atom. The predicted molar refractivity (Wildman–Crippen MR) is 66.4 cm³/mol. The first-order valence-electron chi connectivity index (χ1n) is 5.83. The van der Waals surface area contributed by atoms with Crippen molar-refractivity contribution in [3.05, 3.63) is 36.0 Å². The van der Waals surface area contributed by atoms with Gasteiger partial charge < -0.3 is 9.67 Å². The number of hydrogen-bond donors (Lipinski definition) is 1. The molecule has 1 amide bonds. The normalized spacial score (nSPS) is 18.1. The Balaban J connectivity index is 2.20. The zero-order chi connectivity index (χ0) is 13.6. The van der Waals surface area contributed by atoms with Crippen molar-refractivity contribution in [3.63, 3.8) is 0 Å². The van der Waals surface area contributed by atoms with Gasteiger partial charge in [-0.3, -0.25) is 14.4 Å². The number of para-hydroxylation sites is 1. The minimum atomic E-state index is -0.981. The summed E-state index contributed by atoms with van der Waals surface area (Å²) in [5.41, 5.74) is 1.28. The molecule has 1 unspecified atom stereocenters. The second-order valence-electron chi connectivity index (χ2n) is 4.35. The Bertz CT molecular complexity index is 676. The molecule has 3 rings (SSSR count). The van der Waals surface area contributed by atoms with Crippen molar-refractivity contribution in [2.24, 2.45) is 0 Å². The van der Waals surface area contributed by atoms with Gasteiger partial charge in [0.25, 0.3) is 5.91 Å². The molecule has 1 N–H and O–H groups in total. The Morgan fingerprint density at radius 2 is 2.16 bits per heavy atom. The largest absolute Gasteiger partial charge is 0.481 e. The van der Waals surface area contributed by atoms with Gasteiger partial charge in [0.1, 0.15) is 11.9 Å². The summed E-state index contributed by atoms with van der Waals surface area (Å²) < 4.78 is 1.72. The first-order valence-corrected chi connectivity index (χ1v) is 5.83. The average Bonchev–Trinajstić information content (AvgIpc) is 2.86. The number of hydroxylamine groups is 2. The molecule has 1 aromatic carbocycles. The summed E-state index contributed by atoms with van der Waals surface area (Å²) in [6, 6.07) is 9.24. The lowest BCUT2D eigenvalue weighted by molar-refractivity contribution is -0.153. The number of carbonyl (C=O) groups is 2. The fourth-order valence-electron chi connectivity index (χ4n) is 2.55. The lowest BCUT2D eigenvalue weighted by atomic mass is 10.2. The second-order valence-corrected chi connectivity index (χ2v) is 4.35. The molecule has 0 saturated heterocycles. The standard InChI is InChI=1S/C13H12N2O4/c1-19-15-11(7-12(16)17)14-9-5-3-2-4-8(9)6-10(14)13(15)18/h2-6,11H,7H2,1H3,(H,16,17). The van der Waals surface area contributed by atoms with Crippen molar-refractivity contribution in [1.82, 2.24) is 9.63 Å². The maximum atomic E-state index is 12.2. The molecule has 19 heavy (non-hydrogen) atoms. The maximum Gasteiger partial charge on any atom is 0.307 e. The van der Waals surface area contributed by atoms with E-state index >= 15 is 0 Å². The molecule has 6 heteroatoms. The van der Waals surface area contributed by atoms with E-state index in [4.69, 9.17) is 9.94 Å². The Hall–Kier alpha value is -2.34. The van der Waals surface area contributed by atoms with Crippen molar-refractivity contribution in [2.75, 3.05) is 7.11 Å². The molecular weight excluding hydrogens is 248 g/mol.